The molecule has 0 aliphatic heterocycles. The van der Waals surface area contributed by atoms with E-state index in [1.165, 1.54) is 13.1 Å². The quantitative estimate of drug-likeness (QED) is 0.184. The van der Waals surface area contributed by atoms with E-state index in [1.54, 1.807) is 0 Å². The zero-order chi connectivity index (χ0) is 17.0. The van der Waals surface area contributed by atoms with Crippen LogP contribution in [0.25, 0.3) is 5.76 Å². The van der Waals surface area contributed by atoms with Crippen molar-refractivity contribution in [2.24, 2.45) is 0 Å². The van der Waals surface area contributed by atoms with Crippen LogP contribution in [0.4, 0.5) is 5.69 Å². The summed E-state index contributed by atoms with van der Waals surface area (Å²) in [4.78, 5) is 26.1. The molecule has 3 N–H and O–H groups in total. The number of nitro groups is 1. The third-order valence-electron chi connectivity index (χ3n) is 2.66. The van der Waals surface area contributed by atoms with Gasteiger partial charge in [-0.2, -0.15) is 5.26 Å². The summed E-state index contributed by atoms with van der Waals surface area (Å²) in [6, 6.07) is 2.93. The standard InChI is InChI=1S/C12H11N3O7/c1-14(22-2)12(19)7(5-13)10(17)6-3-8(15(20)21)11(18)9(16)4-6/h3-4,16-18H,1-2H3/b10-7-. The van der Waals surface area contributed by atoms with E-state index in [0.29, 0.717) is 11.1 Å². The van der Waals surface area contributed by atoms with Gasteiger partial charge in [-0.3, -0.25) is 19.7 Å². The third kappa shape index (κ3) is 3.05. The number of benzene rings is 1. The Morgan fingerprint density at radius 2 is 2.05 bits per heavy atom. The average molecular weight is 309 g/mol. The number of carbonyl (C=O) groups is 1. The van der Waals surface area contributed by atoms with Gasteiger partial charge in [-0.15, -0.1) is 0 Å². The van der Waals surface area contributed by atoms with Gasteiger partial charge in [0.1, 0.15) is 11.8 Å². The zero-order valence-corrected chi connectivity index (χ0v) is 11.5. The first-order valence-corrected chi connectivity index (χ1v) is 5.60. The minimum atomic E-state index is -1.00. The Labute approximate surface area is 123 Å². The Morgan fingerprint density at radius 3 is 2.50 bits per heavy atom. The number of nitriles is 1. The minimum absolute atomic E-state index is 0.392. The summed E-state index contributed by atoms with van der Waals surface area (Å²) in [6.07, 6.45) is 0. The molecule has 0 bridgehead atoms. The largest absolute Gasteiger partial charge is 0.506 e. The maximum absolute atomic E-state index is 11.8. The van der Waals surface area contributed by atoms with Crippen LogP contribution in [-0.4, -0.2) is 45.4 Å². The highest BCUT2D eigenvalue weighted by Crippen LogP contribution is 2.38. The van der Waals surface area contributed by atoms with E-state index in [0.717, 1.165) is 13.2 Å². The molecule has 1 amide bonds. The van der Waals surface area contributed by atoms with Crippen LogP contribution >= 0.6 is 0 Å². The van der Waals surface area contributed by atoms with Crippen LogP contribution < -0.4 is 0 Å². The number of aliphatic hydroxyl groups excluding tert-OH is 1. The lowest BCUT2D eigenvalue weighted by Crippen LogP contribution is -2.27. The molecule has 0 saturated heterocycles. The van der Waals surface area contributed by atoms with Crippen LogP contribution in [-0.2, 0) is 9.63 Å². The number of hydrogen-bond donors (Lipinski definition) is 3. The van der Waals surface area contributed by atoms with Gasteiger partial charge in [-0.25, -0.2) is 5.06 Å². The Hall–Kier alpha value is -3.32. The van der Waals surface area contributed by atoms with Gasteiger partial charge in [0.2, 0.25) is 5.75 Å². The van der Waals surface area contributed by atoms with Gasteiger partial charge in [0.05, 0.1) is 12.0 Å². The molecule has 0 saturated carbocycles. The molecular weight excluding hydrogens is 298 g/mol. The van der Waals surface area contributed by atoms with Crippen molar-refractivity contribution in [3.63, 3.8) is 0 Å². The Bertz CT molecular complexity index is 705. The summed E-state index contributed by atoms with van der Waals surface area (Å²) in [6.45, 7) is 0. The Morgan fingerprint density at radius 1 is 1.45 bits per heavy atom. The number of phenols is 2. The molecule has 10 nitrogen and oxygen atoms in total. The van der Waals surface area contributed by atoms with Crippen LogP contribution in [0.2, 0.25) is 0 Å². The number of aliphatic hydroxyl groups is 1. The lowest BCUT2D eigenvalue weighted by Gasteiger charge is -2.13. The van der Waals surface area contributed by atoms with E-state index in [-0.39, 0.29) is 0 Å². The fourth-order valence-electron chi connectivity index (χ4n) is 1.47. The van der Waals surface area contributed by atoms with Gasteiger partial charge < -0.3 is 15.3 Å². The molecule has 0 atom stereocenters. The fraction of sp³-hybridized carbons (Fsp3) is 0.167. The summed E-state index contributed by atoms with van der Waals surface area (Å²) in [7, 11) is 2.34. The van der Waals surface area contributed by atoms with Crippen molar-refractivity contribution in [3.05, 3.63) is 33.4 Å². The minimum Gasteiger partial charge on any atom is -0.506 e. The SMILES string of the molecule is CON(C)C(=O)/C(C#N)=C(\O)c1cc(O)c(O)c([N+](=O)[O-])c1. The van der Waals surface area contributed by atoms with Gasteiger partial charge in [-0.05, 0) is 6.07 Å². The molecule has 0 spiro atoms. The number of rotatable bonds is 4. The van der Waals surface area contributed by atoms with Crippen LogP contribution in [0.5, 0.6) is 11.5 Å². The fourth-order valence-corrected chi connectivity index (χ4v) is 1.47. The molecule has 1 aromatic carbocycles. The molecule has 116 valence electrons. The average Bonchev–Trinajstić information content (AvgIpc) is 2.48. The molecule has 0 aliphatic rings. The first kappa shape index (κ1) is 16.7. The van der Waals surface area contributed by atoms with E-state index in [9.17, 15) is 30.2 Å². The predicted molar refractivity (Wildman–Crippen MR) is 71.4 cm³/mol. The molecule has 1 rings (SSSR count). The number of aromatic hydroxyl groups is 2. The number of hydrogen-bond acceptors (Lipinski definition) is 8. The van der Waals surface area contributed by atoms with Crippen LogP contribution in [0.1, 0.15) is 5.56 Å². The van der Waals surface area contributed by atoms with E-state index in [1.807, 2.05) is 0 Å². The molecule has 0 radical (unpaired) electrons. The second-order valence-corrected chi connectivity index (χ2v) is 3.94. The second-order valence-electron chi connectivity index (χ2n) is 3.94. The van der Waals surface area contributed by atoms with Gasteiger partial charge in [0, 0.05) is 18.7 Å². The van der Waals surface area contributed by atoms with E-state index in [4.69, 9.17) is 5.26 Å². The highest BCUT2D eigenvalue weighted by atomic mass is 16.7. The molecular formula is C12H11N3O7. The predicted octanol–water partition coefficient (Wildman–Crippen LogP) is 0.818. The van der Waals surface area contributed by atoms with Crippen LogP contribution in [0, 0.1) is 21.4 Å². The highest BCUT2D eigenvalue weighted by Gasteiger charge is 2.25. The molecule has 10 heteroatoms. The molecule has 22 heavy (non-hydrogen) atoms. The number of hydroxylamine groups is 2. The first-order chi connectivity index (χ1) is 10.2. The van der Waals surface area contributed by atoms with E-state index < -0.39 is 44.9 Å². The zero-order valence-electron chi connectivity index (χ0n) is 11.5. The normalized spacial score (nSPS) is 11.3. The van der Waals surface area contributed by atoms with Crippen molar-refractivity contribution >= 4 is 17.4 Å². The number of likely N-dealkylation sites (N-methyl/N-ethyl adjacent to an activating group) is 1. The number of phenolic OH excluding ortho intramolecular Hbond substituents is 2. The number of carbonyl (C=O) groups excluding carboxylic acids is 1. The van der Waals surface area contributed by atoms with Crippen molar-refractivity contribution in [2.75, 3.05) is 14.2 Å². The van der Waals surface area contributed by atoms with Crippen molar-refractivity contribution in [3.8, 4) is 17.6 Å². The monoisotopic (exact) mass is 309 g/mol. The number of nitrogens with zero attached hydrogens (tertiary/aromatic N) is 3. The van der Waals surface area contributed by atoms with E-state index >= 15 is 0 Å². The van der Waals surface area contributed by atoms with Gasteiger partial charge in [-0.1, -0.05) is 0 Å². The smallest absolute Gasteiger partial charge is 0.315 e. The highest BCUT2D eigenvalue weighted by molar-refractivity contribution is 6.03. The lowest BCUT2D eigenvalue weighted by molar-refractivity contribution is -0.386. The maximum atomic E-state index is 11.8. The Kier molecular flexibility index (Phi) is 4.88. The molecule has 0 fully saturated rings. The Balaban J connectivity index is 3.52. The van der Waals surface area contributed by atoms with Crippen molar-refractivity contribution in [2.45, 2.75) is 0 Å². The summed E-state index contributed by atoms with van der Waals surface area (Å²) in [5.41, 5.74) is -2.05. The number of nitro benzene ring substituents is 1. The van der Waals surface area contributed by atoms with Crippen molar-refractivity contribution in [1.82, 2.24) is 5.06 Å². The van der Waals surface area contributed by atoms with Gasteiger partial charge >= 0.3 is 5.69 Å². The molecule has 0 unspecified atom stereocenters. The molecule has 0 aliphatic carbocycles. The van der Waals surface area contributed by atoms with Crippen LogP contribution in [0.3, 0.4) is 0 Å². The van der Waals surface area contributed by atoms with Crippen molar-refractivity contribution in [1.29, 1.82) is 5.26 Å². The second kappa shape index (κ2) is 6.42. The van der Waals surface area contributed by atoms with Crippen molar-refractivity contribution < 1.29 is 29.9 Å². The van der Waals surface area contributed by atoms with E-state index in [2.05, 4.69) is 4.84 Å². The lowest BCUT2D eigenvalue weighted by atomic mass is 10.1. The summed E-state index contributed by atoms with van der Waals surface area (Å²) >= 11 is 0. The summed E-state index contributed by atoms with van der Waals surface area (Å²) in [5, 5.41) is 49.1. The molecule has 0 heterocycles. The van der Waals surface area contributed by atoms with Crippen LogP contribution in [0.15, 0.2) is 17.7 Å². The number of amides is 1. The van der Waals surface area contributed by atoms with Gasteiger partial charge in [0.25, 0.3) is 5.91 Å². The maximum Gasteiger partial charge on any atom is 0.315 e. The summed E-state index contributed by atoms with van der Waals surface area (Å²) in [5.74, 6) is -3.80. The topological polar surface area (TPSA) is 157 Å². The third-order valence-corrected chi connectivity index (χ3v) is 2.66. The molecule has 1 aromatic rings. The van der Waals surface area contributed by atoms with Gasteiger partial charge in [0.15, 0.2) is 11.3 Å². The molecule has 0 aromatic heterocycles. The first-order valence-electron chi connectivity index (χ1n) is 5.60. The summed E-state index contributed by atoms with van der Waals surface area (Å²) < 4.78 is 0.